The van der Waals surface area contributed by atoms with Crippen LogP contribution in [0.5, 0.6) is 0 Å². The van der Waals surface area contributed by atoms with Gasteiger partial charge in [-0.3, -0.25) is 4.79 Å². The maximum atomic E-state index is 12.8. The maximum Gasteiger partial charge on any atom is 0.321 e. The first-order chi connectivity index (χ1) is 15.6. The third-order valence-electron chi connectivity index (χ3n) is 5.07. The monoisotopic (exact) mass is 451 g/mol. The Balaban J connectivity index is 1.35. The van der Waals surface area contributed by atoms with E-state index >= 15 is 0 Å². The quantitative estimate of drug-likeness (QED) is 0.522. The molecule has 4 rings (SSSR count). The SMILES string of the molecule is Cc1cc(CSc2ncccc2C(=O)NCc2cccc(NC(=O)N3CCCC3)c2)no1. The first kappa shape index (κ1) is 21.9. The predicted octanol–water partition coefficient (Wildman–Crippen LogP) is 4.23. The molecule has 3 amide bonds. The van der Waals surface area contributed by atoms with Gasteiger partial charge in [0.05, 0.1) is 11.3 Å². The molecule has 0 saturated carbocycles. The van der Waals surface area contributed by atoms with Crippen molar-refractivity contribution in [2.24, 2.45) is 0 Å². The molecule has 2 N–H and O–H groups in total. The molecule has 32 heavy (non-hydrogen) atoms. The zero-order valence-electron chi connectivity index (χ0n) is 17.8. The van der Waals surface area contributed by atoms with Crippen molar-refractivity contribution in [2.75, 3.05) is 18.4 Å². The normalized spacial score (nSPS) is 13.2. The Hall–Kier alpha value is -3.33. The number of carbonyl (C=O) groups excluding carboxylic acids is 2. The largest absolute Gasteiger partial charge is 0.361 e. The summed E-state index contributed by atoms with van der Waals surface area (Å²) in [4.78, 5) is 31.3. The van der Waals surface area contributed by atoms with E-state index in [1.165, 1.54) is 11.8 Å². The van der Waals surface area contributed by atoms with Crippen LogP contribution < -0.4 is 10.6 Å². The minimum atomic E-state index is -0.205. The summed E-state index contributed by atoms with van der Waals surface area (Å²) in [6, 6.07) is 12.8. The molecule has 1 aliphatic rings. The number of nitrogens with one attached hydrogen (secondary N) is 2. The average Bonchev–Trinajstić information content (AvgIpc) is 3.49. The van der Waals surface area contributed by atoms with E-state index < -0.39 is 0 Å². The predicted molar refractivity (Wildman–Crippen MR) is 122 cm³/mol. The smallest absolute Gasteiger partial charge is 0.321 e. The van der Waals surface area contributed by atoms with Crippen molar-refractivity contribution >= 4 is 29.4 Å². The van der Waals surface area contributed by atoms with Gasteiger partial charge in [0, 0.05) is 43.3 Å². The van der Waals surface area contributed by atoms with Crippen LogP contribution in [-0.2, 0) is 12.3 Å². The lowest BCUT2D eigenvalue weighted by molar-refractivity contribution is 0.0947. The second kappa shape index (κ2) is 10.3. The first-order valence-corrected chi connectivity index (χ1v) is 11.5. The topological polar surface area (TPSA) is 100 Å². The van der Waals surface area contributed by atoms with E-state index in [1.54, 1.807) is 18.3 Å². The molecular weight excluding hydrogens is 426 g/mol. The van der Waals surface area contributed by atoms with Gasteiger partial charge in [0.1, 0.15) is 10.8 Å². The van der Waals surface area contributed by atoms with Gasteiger partial charge in [0.2, 0.25) is 0 Å². The summed E-state index contributed by atoms with van der Waals surface area (Å²) < 4.78 is 5.09. The van der Waals surface area contributed by atoms with E-state index in [-0.39, 0.29) is 11.9 Å². The molecule has 1 aliphatic heterocycles. The highest BCUT2D eigenvalue weighted by molar-refractivity contribution is 7.98. The molecule has 0 atom stereocenters. The molecule has 8 nitrogen and oxygen atoms in total. The molecule has 9 heteroatoms. The highest BCUT2D eigenvalue weighted by Crippen LogP contribution is 2.24. The Morgan fingerprint density at radius 2 is 2.00 bits per heavy atom. The Labute approximate surface area is 190 Å². The van der Waals surface area contributed by atoms with Crippen molar-refractivity contribution in [1.82, 2.24) is 20.4 Å². The molecule has 1 fully saturated rings. The minimum Gasteiger partial charge on any atom is -0.361 e. The van der Waals surface area contributed by atoms with Gasteiger partial charge in [-0.05, 0) is 49.6 Å². The number of benzene rings is 1. The summed E-state index contributed by atoms with van der Waals surface area (Å²) in [5, 5.41) is 10.5. The van der Waals surface area contributed by atoms with Gasteiger partial charge >= 0.3 is 6.03 Å². The van der Waals surface area contributed by atoms with Crippen molar-refractivity contribution in [3.05, 3.63) is 71.2 Å². The Morgan fingerprint density at radius 3 is 2.78 bits per heavy atom. The van der Waals surface area contributed by atoms with E-state index in [4.69, 9.17) is 4.52 Å². The molecule has 2 aromatic heterocycles. The number of aryl methyl sites for hydroxylation is 1. The summed E-state index contributed by atoms with van der Waals surface area (Å²) in [7, 11) is 0. The Morgan fingerprint density at radius 1 is 1.16 bits per heavy atom. The highest BCUT2D eigenvalue weighted by Gasteiger charge is 2.18. The van der Waals surface area contributed by atoms with Crippen molar-refractivity contribution in [3.8, 4) is 0 Å². The standard InChI is InChI=1S/C23H25N5O3S/c1-16-12-19(27-31-16)15-32-22-20(8-5-9-24-22)21(29)25-14-17-6-4-7-18(13-17)26-23(30)28-10-2-3-11-28/h4-9,12-13H,2-3,10-11,14-15H2,1H3,(H,25,29)(H,26,30). The van der Waals surface area contributed by atoms with Crippen LogP contribution in [0.4, 0.5) is 10.5 Å². The van der Waals surface area contributed by atoms with Crippen LogP contribution >= 0.6 is 11.8 Å². The van der Waals surface area contributed by atoms with E-state index in [0.29, 0.717) is 28.6 Å². The van der Waals surface area contributed by atoms with Gasteiger partial charge in [-0.2, -0.15) is 0 Å². The van der Waals surface area contributed by atoms with E-state index in [9.17, 15) is 9.59 Å². The lowest BCUT2D eigenvalue weighted by Crippen LogP contribution is -2.32. The number of anilines is 1. The van der Waals surface area contributed by atoms with E-state index in [0.717, 1.165) is 42.9 Å². The molecular formula is C23H25N5O3S. The molecule has 0 unspecified atom stereocenters. The van der Waals surface area contributed by atoms with Gasteiger partial charge in [-0.15, -0.1) is 0 Å². The van der Waals surface area contributed by atoms with Gasteiger partial charge in [-0.25, -0.2) is 9.78 Å². The summed E-state index contributed by atoms with van der Waals surface area (Å²) in [5.74, 6) is 1.11. The Kier molecular flexibility index (Phi) is 7.06. The van der Waals surface area contributed by atoms with Crippen molar-refractivity contribution in [1.29, 1.82) is 0 Å². The lowest BCUT2D eigenvalue weighted by atomic mass is 10.2. The number of carbonyl (C=O) groups is 2. The van der Waals surface area contributed by atoms with Crippen LogP contribution in [0.15, 0.2) is 58.2 Å². The van der Waals surface area contributed by atoms with Gasteiger partial charge < -0.3 is 20.1 Å². The third kappa shape index (κ3) is 5.67. The van der Waals surface area contributed by atoms with Crippen LogP contribution in [0.1, 0.15) is 40.2 Å². The molecule has 1 saturated heterocycles. The minimum absolute atomic E-state index is 0.0805. The number of rotatable bonds is 7. The fraction of sp³-hybridized carbons (Fsp3) is 0.304. The fourth-order valence-corrected chi connectivity index (χ4v) is 4.34. The molecule has 0 radical (unpaired) electrons. The van der Waals surface area contributed by atoms with Gasteiger partial charge in [0.25, 0.3) is 5.91 Å². The number of hydrogen-bond donors (Lipinski definition) is 2. The van der Waals surface area contributed by atoms with Crippen molar-refractivity contribution in [2.45, 2.75) is 37.1 Å². The fourth-order valence-electron chi connectivity index (χ4n) is 3.47. The molecule has 0 bridgehead atoms. The van der Waals surface area contributed by atoms with E-state index in [1.807, 2.05) is 42.2 Å². The number of hydrogen-bond acceptors (Lipinski definition) is 6. The number of urea groups is 1. The van der Waals surface area contributed by atoms with Crippen molar-refractivity contribution < 1.29 is 14.1 Å². The molecule has 0 spiro atoms. The van der Waals surface area contributed by atoms with Gasteiger partial charge in [0.15, 0.2) is 0 Å². The molecule has 3 aromatic rings. The van der Waals surface area contributed by atoms with Gasteiger partial charge in [-0.1, -0.05) is 29.1 Å². The lowest BCUT2D eigenvalue weighted by Gasteiger charge is -2.16. The number of aromatic nitrogens is 2. The Bertz CT molecular complexity index is 1090. The summed E-state index contributed by atoms with van der Waals surface area (Å²) >= 11 is 1.44. The number of amides is 3. The van der Waals surface area contributed by atoms with Crippen LogP contribution in [0, 0.1) is 6.92 Å². The van der Waals surface area contributed by atoms with E-state index in [2.05, 4.69) is 20.8 Å². The van der Waals surface area contributed by atoms with Crippen LogP contribution in [-0.4, -0.2) is 40.1 Å². The van der Waals surface area contributed by atoms with Crippen molar-refractivity contribution in [3.63, 3.8) is 0 Å². The highest BCUT2D eigenvalue weighted by atomic mass is 32.2. The van der Waals surface area contributed by atoms with Crippen LogP contribution in [0.25, 0.3) is 0 Å². The number of likely N-dealkylation sites (tertiary alicyclic amines) is 1. The summed E-state index contributed by atoms with van der Waals surface area (Å²) in [6.45, 7) is 3.77. The summed E-state index contributed by atoms with van der Waals surface area (Å²) in [6.07, 6.45) is 3.76. The molecule has 0 aliphatic carbocycles. The zero-order valence-corrected chi connectivity index (χ0v) is 18.7. The first-order valence-electron chi connectivity index (χ1n) is 10.5. The zero-order chi connectivity index (χ0) is 22.3. The molecule has 166 valence electrons. The summed E-state index contributed by atoms with van der Waals surface area (Å²) in [5.41, 5.74) is 2.93. The van der Waals surface area contributed by atoms with Crippen LogP contribution in [0.3, 0.4) is 0 Å². The second-order valence-electron chi connectivity index (χ2n) is 7.58. The van der Waals surface area contributed by atoms with Crippen LogP contribution in [0.2, 0.25) is 0 Å². The number of nitrogens with zero attached hydrogens (tertiary/aromatic N) is 3. The number of pyridine rings is 1. The molecule has 1 aromatic carbocycles. The number of thioether (sulfide) groups is 1. The average molecular weight is 452 g/mol. The third-order valence-corrected chi connectivity index (χ3v) is 6.11. The maximum absolute atomic E-state index is 12.8. The molecule has 3 heterocycles. The second-order valence-corrected chi connectivity index (χ2v) is 8.55.